The molecular weight excluding hydrogens is 533 g/mol. The minimum atomic E-state index is -4.59. The lowest BCUT2D eigenvalue weighted by Gasteiger charge is -2.38. The molecule has 0 spiro atoms. The topological polar surface area (TPSA) is 67.7 Å². The van der Waals surface area contributed by atoms with Crippen molar-refractivity contribution in [2.24, 2.45) is 5.16 Å². The van der Waals surface area contributed by atoms with Gasteiger partial charge in [0.1, 0.15) is 17.5 Å². The summed E-state index contributed by atoms with van der Waals surface area (Å²) in [7, 11) is 0. The van der Waals surface area contributed by atoms with Gasteiger partial charge in [-0.25, -0.2) is 27.5 Å². The van der Waals surface area contributed by atoms with E-state index in [2.05, 4.69) is 15.1 Å². The number of oxime groups is 1. The zero-order chi connectivity index (χ0) is 28.4. The molecule has 1 saturated heterocycles. The van der Waals surface area contributed by atoms with Gasteiger partial charge in [-0.05, 0) is 43.7 Å². The van der Waals surface area contributed by atoms with Gasteiger partial charge in [0.05, 0.1) is 36.4 Å². The van der Waals surface area contributed by atoms with Crippen molar-refractivity contribution in [1.82, 2.24) is 14.9 Å². The van der Waals surface area contributed by atoms with E-state index in [-0.39, 0.29) is 35.8 Å². The van der Waals surface area contributed by atoms with Gasteiger partial charge in [-0.15, -0.1) is 0 Å². The number of amides is 1. The van der Waals surface area contributed by atoms with Gasteiger partial charge in [-0.3, -0.25) is 4.79 Å². The summed E-state index contributed by atoms with van der Waals surface area (Å²) in [5.74, 6) is -7.73. The number of benzene rings is 2. The molecule has 2 heterocycles. The van der Waals surface area contributed by atoms with E-state index in [9.17, 15) is 26.7 Å². The van der Waals surface area contributed by atoms with Gasteiger partial charge in [0.15, 0.2) is 5.75 Å². The minimum Gasteiger partial charge on any atom is -0.357 e. The van der Waals surface area contributed by atoms with Crippen LogP contribution in [0.25, 0.3) is 0 Å². The molecular formula is C26H21F7N4O2. The van der Waals surface area contributed by atoms with Gasteiger partial charge in [-0.1, -0.05) is 17.3 Å². The SMILES string of the molecule is Cc1ncc(C=NOc2cccc(C(F)(F)F)c2)c(C2CCN(C(=O)Cc3c(F)cccc3F)CC2(F)F)n1. The Morgan fingerprint density at radius 2 is 1.87 bits per heavy atom. The Hall–Kier alpha value is -4.03. The number of hydrogen-bond acceptors (Lipinski definition) is 5. The second-order valence-corrected chi connectivity index (χ2v) is 8.90. The van der Waals surface area contributed by atoms with Gasteiger partial charge in [0, 0.05) is 23.9 Å². The maximum Gasteiger partial charge on any atom is 0.416 e. The van der Waals surface area contributed by atoms with Crippen LogP contribution in [0.5, 0.6) is 5.75 Å². The van der Waals surface area contributed by atoms with Crippen molar-refractivity contribution in [3.63, 3.8) is 0 Å². The van der Waals surface area contributed by atoms with E-state index >= 15 is 8.78 Å². The predicted octanol–water partition coefficient (Wildman–Crippen LogP) is 5.69. The van der Waals surface area contributed by atoms with E-state index in [1.54, 1.807) is 0 Å². The molecule has 1 atom stereocenters. The van der Waals surface area contributed by atoms with Crippen molar-refractivity contribution in [3.8, 4) is 5.75 Å². The standard InChI is InChI=1S/C26H21F7N4O2/c1-15-34-12-16(13-35-39-18-5-2-4-17(10-18)26(31,32)33)24(36-15)20-8-9-37(14-25(20,29)30)23(38)11-19-21(27)6-3-7-22(19)28/h2-7,10,12-13,20H,8-9,11,14H2,1H3. The highest BCUT2D eigenvalue weighted by Crippen LogP contribution is 2.41. The molecule has 1 aliphatic rings. The molecule has 1 aromatic heterocycles. The molecule has 0 N–H and O–H groups in total. The maximum atomic E-state index is 15.3. The molecule has 0 radical (unpaired) electrons. The summed E-state index contributed by atoms with van der Waals surface area (Å²) in [6.45, 7) is 0.353. The van der Waals surface area contributed by atoms with Gasteiger partial charge in [-0.2, -0.15) is 13.2 Å². The minimum absolute atomic E-state index is 0.0467. The molecule has 2 aromatic carbocycles. The fraction of sp³-hybridized carbons (Fsp3) is 0.308. The largest absolute Gasteiger partial charge is 0.416 e. The maximum absolute atomic E-state index is 15.3. The van der Waals surface area contributed by atoms with Crippen molar-refractivity contribution >= 4 is 12.1 Å². The second-order valence-electron chi connectivity index (χ2n) is 8.90. The van der Waals surface area contributed by atoms with E-state index in [0.717, 1.165) is 47.5 Å². The summed E-state index contributed by atoms with van der Waals surface area (Å²) >= 11 is 0. The first-order valence-electron chi connectivity index (χ1n) is 11.6. The summed E-state index contributed by atoms with van der Waals surface area (Å²) in [5.41, 5.74) is -1.49. The summed E-state index contributed by atoms with van der Waals surface area (Å²) < 4.78 is 97.3. The Kier molecular flexibility index (Phi) is 7.89. The number of halogens is 7. The monoisotopic (exact) mass is 554 g/mol. The number of carbonyl (C=O) groups is 1. The normalized spacial score (nSPS) is 17.4. The van der Waals surface area contributed by atoms with Gasteiger partial charge < -0.3 is 9.74 Å². The van der Waals surface area contributed by atoms with E-state index < -0.39 is 59.7 Å². The number of rotatable bonds is 6. The summed E-state index contributed by atoms with van der Waals surface area (Å²) in [5, 5.41) is 3.62. The molecule has 1 fully saturated rings. The fourth-order valence-electron chi connectivity index (χ4n) is 4.20. The summed E-state index contributed by atoms with van der Waals surface area (Å²) in [6, 6.07) is 7.05. The molecule has 39 heavy (non-hydrogen) atoms. The third-order valence-corrected chi connectivity index (χ3v) is 6.15. The number of likely N-dealkylation sites (tertiary alicyclic amines) is 1. The van der Waals surface area contributed by atoms with Crippen LogP contribution in [0.1, 0.15) is 40.5 Å². The predicted molar refractivity (Wildman–Crippen MR) is 125 cm³/mol. The van der Waals surface area contributed by atoms with E-state index in [1.807, 2.05) is 0 Å². The Bertz CT molecular complexity index is 1370. The summed E-state index contributed by atoms with van der Waals surface area (Å²) in [6.07, 6.45) is -3.29. The number of hydrogen-bond donors (Lipinski definition) is 0. The molecule has 1 amide bonds. The van der Waals surface area contributed by atoms with Gasteiger partial charge in [0.2, 0.25) is 5.91 Å². The molecule has 206 valence electrons. The molecule has 13 heteroatoms. The smallest absolute Gasteiger partial charge is 0.357 e. The van der Waals surface area contributed by atoms with Gasteiger partial charge in [0.25, 0.3) is 5.92 Å². The highest BCUT2D eigenvalue weighted by Gasteiger charge is 2.48. The first-order valence-corrected chi connectivity index (χ1v) is 11.6. The molecule has 4 rings (SSSR count). The molecule has 0 aliphatic carbocycles. The number of carbonyl (C=O) groups excluding carboxylic acids is 1. The van der Waals surface area contributed by atoms with Crippen LogP contribution in [0.2, 0.25) is 0 Å². The number of aromatic nitrogens is 2. The third kappa shape index (κ3) is 6.52. The molecule has 6 nitrogen and oxygen atoms in total. The van der Waals surface area contributed by atoms with Gasteiger partial charge >= 0.3 is 6.18 Å². The molecule has 3 aromatic rings. The number of piperidine rings is 1. The average molecular weight is 554 g/mol. The summed E-state index contributed by atoms with van der Waals surface area (Å²) in [4.78, 5) is 26.6. The van der Waals surface area contributed by atoms with E-state index in [0.29, 0.717) is 0 Å². The van der Waals surface area contributed by atoms with Crippen molar-refractivity contribution < 1.29 is 40.4 Å². The fourth-order valence-corrected chi connectivity index (χ4v) is 4.20. The van der Waals surface area contributed by atoms with Crippen molar-refractivity contribution in [2.75, 3.05) is 13.1 Å². The second kappa shape index (κ2) is 11.0. The molecule has 0 saturated carbocycles. The quantitative estimate of drug-likeness (QED) is 0.223. The first-order chi connectivity index (χ1) is 18.3. The highest BCUT2D eigenvalue weighted by molar-refractivity contribution is 5.81. The van der Waals surface area contributed by atoms with Crippen molar-refractivity contribution in [3.05, 3.63) is 88.5 Å². The van der Waals surface area contributed by atoms with E-state index in [4.69, 9.17) is 4.84 Å². The van der Waals surface area contributed by atoms with Crippen molar-refractivity contribution in [1.29, 1.82) is 0 Å². The van der Waals surface area contributed by atoms with Crippen molar-refractivity contribution in [2.45, 2.75) is 37.8 Å². The first kappa shape index (κ1) is 28.0. The van der Waals surface area contributed by atoms with E-state index in [1.165, 1.54) is 19.2 Å². The van der Waals surface area contributed by atoms with Crippen LogP contribution in [0, 0.1) is 18.6 Å². The number of aryl methyl sites for hydroxylation is 1. The Morgan fingerprint density at radius 3 is 2.54 bits per heavy atom. The zero-order valence-electron chi connectivity index (χ0n) is 20.4. The van der Waals surface area contributed by atoms with Crippen LogP contribution in [0.15, 0.2) is 53.8 Å². The lowest BCUT2D eigenvalue weighted by atomic mass is 9.87. The number of nitrogens with zero attached hydrogens (tertiary/aromatic N) is 4. The van der Waals surface area contributed by atoms with Crippen LogP contribution in [0.3, 0.4) is 0 Å². The third-order valence-electron chi connectivity index (χ3n) is 6.15. The molecule has 1 unspecified atom stereocenters. The number of alkyl halides is 5. The Morgan fingerprint density at radius 1 is 1.18 bits per heavy atom. The lowest BCUT2D eigenvalue weighted by molar-refractivity contribution is -0.143. The average Bonchev–Trinajstić information content (AvgIpc) is 2.86. The molecule has 1 aliphatic heterocycles. The Labute approximate surface area is 218 Å². The van der Waals surface area contributed by atoms with Crippen LogP contribution in [-0.4, -0.2) is 46.0 Å². The highest BCUT2D eigenvalue weighted by atomic mass is 19.4. The Balaban J connectivity index is 1.50. The van der Waals surface area contributed by atoms with Crippen LogP contribution < -0.4 is 4.84 Å². The van der Waals surface area contributed by atoms with Crippen LogP contribution in [0.4, 0.5) is 30.7 Å². The van der Waals surface area contributed by atoms with Crippen LogP contribution >= 0.6 is 0 Å². The zero-order valence-corrected chi connectivity index (χ0v) is 20.4. The molecule has 0 bridgehead atoms. The lowest BCUT2D eigenvalue weighted by Crippen LogP contribution is -2.50. The van der Waals surface area contributed by atoms with Crippen LogP contribution in [-0.2, 0) is 17.4 Å².